The first-order valence-corrected chi connectivity index (χ1v) is 18.1. The van der Waals surface area contributed by atoms with Gasteiger partial charge in [0, 0.05) is 28.9 Å². The molecule has 10 nitrogen and oxygen atoms in total. The Morgan fingerprint density at radius 2 is 1.88 bits per heavy atom. The Bertz CT molecular complexity index is 2280. The number of halogens is 1. The third-order valence-electron chi connectivity index (χ3n) is 10.6. The second-order valence-electron chi connectivity index (χ2n) is 15.2. The summed E-state index contributed by atoms with van der Waals surface area (Å²) in [6.45, 7) is 10.7. The Kier molecular flexibility index (Phi) is 9.26. The second-order valence-corrected chi connectivity index (χ2v) is 15.2. The number of hydrogen-bond donors (Lipinski definition) is 0. The van der Waals surface area contributed by atoms with E-state index in [0.717, 1.165) is 24.8 Å². The van der Waals surface area contributed by atoms with Gasteiger partial charge in [0.1, 0.15) is 17.2 Å². The van der Waals surface area contributed by atoms with Crippen LogP contribution in [-0.4, -0.2) is 74.6 Å². The van der Waals surface area contributed by atoms with Crippen molar-refractivity contribution in [2.24, 2.45) is 0 Å². The van der Waals surface area contributed by atoms with E-state index in [4.69, 9.17) is 19.6 Å². The number of fused-ring (bicyclic) bond motifs is 4. The van der Waals surface area contributed by atoms with E-state index < -0.39 is 17.5 Å². The van der Waals surface area contributed by atoms with Crippen molar-refractivity contribution in [3.8, 4) is 29.1 Å². The second kappa shape index (κ2) is 13.7. The summed E-state index contributed by atoms with van der Waals surface area (Å²) < 4.78 is 31.6. The van der Waals surface area contributed by atoms with E-state index in [1.165, 1.54) is 0 Å². The Balaban J connectivity index is 1.40. The number of aryl methyl sites for hydroxylation is 1. The molecule has 2 aromatic heterocycles. The van der Waals surface area contributed by atoms with Crippen LogP contribution >= 0.6 is 0 Å². The zero-order valence-electron chi connectivity index (χ0n) is 30.6. The quantitative estimate of drug-likeness (QED) is 0.173. The number of carbonyl (C=O) groups excluding carboxylic acids is 1. The fourth-order valence-corrected chi connectivity index (χ4v) is 8.24. The number of likely N-dealkylation sites (tertiary alicyclic amines) is 2. The van der Waals surface area contributed by atoms with Crippen LogP contribution in [0.15, 0.2) is 48.7 Å². The first-order valence-electron chi connectivity index (χ1n) is 18.1. The Labute approximate surface area is 303 Å². The van der Waals surface area contributed by atoms with E-state index in [1.807, 2.05) is 75.7 Å². The summed E-state index contributed by atoms with van der Waals surface area (Å²) in [4.78, 5) is 22.0. The molecule has 0 aliphatic carbocycles. The van der Waals surface area contributed by atoms with Crippen molar-refractivity contribution in [3.05, 3.63) is 65.6 Å². The Morgan fingerprint density at radius 3 is 2.58 bits per heavy atom. The standard InChI is InChI=1S/C41H44FN7O3/c1-24-20-31-37(36(42)34(24)30-13-8-11-26-10-7-12-27(22-44)35(26)30)46-39(51-25(2)33-14-9-18-47(33)6)32-23-45-49(38(31)32)29-16-19-48(28(21-29)15-17-43)40(50)52-41(3,4)5/h7-8,10-13,20,23,25,28-29,33H,9,14-16,18-19,21H2,1-6H3/t25-,28+,29-,33?/m0/s1. The molecule has 2 saturated heterocycles. The maximum absolute atomic E-state index is 17.4. The first kappa shape index (κ1) is 35.2. The maximum Gasteiger partial charge on any atom is 0.410 e. The molecule has 0 N–H and O–H groups in total. The van der Waals surface area contributed by atoms with Gasteiger partial charge in [-0.1, -0.05) is 30.3 Å². The molecular formula is C41H44FN7O3. The third kappa shape index (κ3) is 6.28. The van der Waals surface area contributed by atoms with E-state index in [-0.39, 0.29) is 36.2 Å². The minimum atomic E-state index is -0.668. The minimum Gasteiger partial charge on any atom is -0.472 e. The third-order valence-corrected chi connectivity index (χ3v) is 10.6. The zero-order valence-corrected chi connectivity index (χ0v) is 30.6. The maximum atomic E-state index is 17.4. The van der Waals surface area contributed by atoms with Gasteiger partial charge in [0.25, 0.3) is 0 Å². The fraction of sp³-hybridized carbons (Fsp3) is 0.439. The molecule has 2 aliphatic rings. The number of aromatic nitrogens is 3. The number of amides is 1. The fourth-order valence-electron chi connectivity index (χ4n) is 8.24. The van der Waals surface area contributed by atoms with Gasteiger partial charge in [-0.2, -0.15) is 15.6 Å². The van der Waals surface area contributed by atoms with Crippen LogP contribution in [0, 0.1) is 35.4 Å². The highest BCUT2D eigenvalue weighted by atomic mass is 19.1. The van der Waals surface area contributed by atoms with Gasteiger partial charge in [0.05, 0.1) is 53.3 Å². The van der Waals surface area contributed by atoms with Gasteiger partial charge in [-0.3, -0.25) is 9.58 Å². The molecule has 11 heteroatoms. The normalized spacial score (nSPS) is 20.2. The molecule has 4 heterocycles. The van der Waals surface area contributed by atoms with Crippen LogP contribution in [-0.2, 0) is 4.74 Å². The van der Waals surface area contributed by atoms with Gasteiger partial charge in [0.2, 0.25) is 5.88 Å². The first-order chi connectivity index (χ1) is 24.9. The highest BCUT2D eigenvalue weighted by Gasteiger charge is 2.37. The predicted octanol–water partition coefficient (Wildman–Crippen LogP) is 8.44. The molecule has 0 spiro atoms. The van der Waals surface area contributed by atoms with Crippen molar-refractivity contribution in [2.45, 2.75) is 96.6 Å². The average Bonchev–Trinajstić information content (AvgIpc) is 3.75. The minimum absolute atomic E-state index is 0.144. The highest BCUT2D eigenvalue weighted by Crippen LogP contribution is 2.42. The number of benzene rings is 3. The molecule has 0 bridgehead atoms. The number of piperidine rings is 1. The molecule has 3 aromatic carbocycles. The summed E-state index contributed by atoms with van der Waals surface area (Å²) in [6.07, 6.45) is 4.33. The van der Waals surface area contributed by atoms with Crippen molar-refractivity contribution in [3.63, 3.8) is 0 Å². The van der Waals surface area contributed by atoms with Crippen molar-refractivity contribution in [1.82, 2.24) is 24.6 Å². The van der Waals surface area contributed by atoms with Crippen molar-refractivity contribution in [2.75, 3.05) is 20.1 Å². The largest absolute Gasteiger partial charge is 0.472 e. The highest BCUT2D eigenvalue weighted by molar-refractivity contribution is 6.09. The van der Waals surface area contributed by atoms with E-state index in [1.54, 1.807) is 17.2 Å². The monoisotopic (exact) mass is 701 g/mol. The molecule has 0 radical (unpaired) electrons. The van der Waals surface area contributed by atoms with Gasteiger partial charge in [0.15, 0.2) is 5.82 Å². The number of ether oxygens (including phenoxy) is 2. The molecule has 4 atom stereocenters. The van der Waals surface area contributed by atoms with Crippen LogP contribution in [0.2, 0.25) is 0 Å². The summed E-state index contributed by atoms with van der Waals surface area (Å²) >= 11 is 0. The van der Waals surface area contributed by atoms with Gasteiger partial charge < -0.3 is 14.4 Å². The Morgan fingerprint density at radius 1 is 1.12 bits per heavy atom. The predicted molar refractivity (Wildman–Crippen MR) is 198 cm³/mol. The molecule has 2 aliphatic heterocycles. The summed E-state index contributed by atoms with van der Waals surface area (Å²) in [7, 11) is 2.09. The summed E-state index contributed by atoms with van der Waals surface area (Å²) in [5.41, 5.74) is 2.35. The topological polar surface area (TPSA) is 120 Å². The molecular weight excluding hydrogens is 657 g/mol. The molecule has 1 unspecified atom stereocenters. The van der Waals surface area contributed by atoms with Crippen LogP contribution in [0.1, 0.15) is 77.0 Å². The van der Waals surface area contributed by atoms with Crippen molar-refractivity contribution >= 4 is 38.7 Å². The van der Waals surface area contributed by atoms with Crippen LogP contribution in [0.4, 0.5) is 9.18 Å². The van der Waals surface area contributed by atoms with Crippen LogP contribution < -0.4 is 4.74 Å². The van der Waals surface area contributed by atoms with Gasteiger partial charge >= 0.3 is 6.09 Å². The van der Waals surface area contributed by atoms with Gasteiger partial charge in [-0.15, -0.1) is 0 Å². The lowest BCUT2D eigenvalue weighted by Crippen LogP contribution is -2.48. The van der Waals surface area contributed by atoms with Crippen LogP contribution in [0.5, 0.6) is 5.88 Å². The van der Waals surface area contributed by atoms with Crippen molar-refractivity contribution < 1.29 is 18.7 Å². The number of pyridine rings is 1. The molecule has 268 valence electrons. The number of hydrogen-bond acceptors (Lipinski definition) is 8. The lowest BCUT2D eigenvalue weighted by Gasteiger charge is -2.39. The number of carbonyl (C=O) groups is 1. The van der Waals surface area contributed by atoms with Gasteiger partial charge in [-0.25, -0.2) is 14.2 Å². The summed E-state index contributed by atoms with van der Waals surface area (Å²) in [6, 6.07) is 17.3. The Hall–Kier alpha value is -5.26. The summed E-state index contributed by atoms with van der Waals surface area (Å²) in [5, 5.41) is 27.5. The molecule has 52 heavy (non-hydrogen) atoms. The smallest absolute Gasteiger partial charge is 0.410 e. The molecule has 1 amide bonds. The molecule has 0 saturated carbocycles. The number of rotatable bonds is 6. The average molecular weight is 702 g/mol. The van der Waals surface area contributed by atoms with Crippen molar-refractivity contribution in [1.29, 1.82) is 10.5 Å². The van der Waals surface area contributed by atoms with E-state index in [0.29, 0.717) is 69.2 Å². The molecule has 7 rings (SSSR count). The number of nitrogens with zero attached hydrogens (tertiary/aromatic N) is 7. The van der Waals surface area contributed by atoms with Crippen LogP contribution in [0.25, 0.3) is 43.7 Å². The van der Waals surface area contributed by atoms with Crippen LogP contribution in [0.3, 0.4) is 0 Å². The number of likely N-dealkylation sites (N-methyl/N-ethyl adjacent to an activating group) is 1. The van der Waals surface area contributed by atoms with E-state index in [9.17, 15) is 15.3 Å². The molecule has 2 fully saturated rings. The van der Waals surface area contributed by atoms with E-state index in [2.05, 4.69) is 24.1 Å². The van der Waals surface area contributed by atoms with Gasteiger partial charge in [-0.05, 0) is 103 Å². The number of nitriles is 2. The lowest BCUT2D eigenvalue weighted by atomic mass is 9.91. The zero-order chi connectivity index (χ0) is 36.9. The lowest BCUT2D eigenvalue weighted by molar-refractivity contribution is 0.00565. The molecule has 5 aromatic rings. The SMILES string of the molecule is Cc1cc2c(nc(O[C@@H](C)C3CCCN3C)c3cnn([C@H]4CCN(C(=O)OC(C)(C)C)[C@H](CC#N)C4)c32)c(F)c1-c1cccc2cccc(C#N)c12. The summed E-state index contributed by atoms with van der Waals surface area (Å²) in [5.74, 6) is -0.187. The van der Waals surface area contributed by atoms with E-state index >= 15 is 4.39 Å².